The fourth-order valence-electron chi connectivity index (χ4n) is 5.91. The monoisotopic (exact) mass is 650 g/mol. The van der Waals surface area contributed by atoms with Crippen molar-refractivity contribution in [3.05, 3.63) is 91.6 Å². The highest BCUT2D eigenvalue weighted by Crippen LogP contribution is 2.45. The van der Waals surface area contributed by atoms with E-state index in [1.165, 1.54) is 25.4 Å². The number of carbonyl (C=O) groups excluding carboxylic acids is 2. The quantitative estimate of drug-likeness (QED) is 0.243. The van der Waals surface area contributed by atoms with Gasteiger partial charge >= 0.3 is 0 Å². The van der Waals surface area contributed by atoms with E-state index < -0.39 is 17.3 Å². The molecule has 0 unspecified atom stereocenters. The summed E-state index contributed by atoms with van der Waals surface area (Å²) in [5.41, 5.74) is 2.74. The SMILES string of the molecule is COc1nc(-c2ccc(F)c(-c3cccc(NC(=O)c4ccnn(C)c4=O)c3Cl)c2Cl)cc2c1[C@@H](NC[C@@H]1CCC(=O)N1)CC2. The van der Waals surface area contributed by atoms with Gasteiger partial charge in [-0.3, -0.25) is 14.4 Å². The van der Waals surface area contributed by atoms with Gasteiger partial charge in [0, 0.05) is 60.5 Å². The Balaban J connectivity index is 1.32. The number of pyridine rings is 1. The number of anilines is 1. The van der Waals surface area contributed by atoms with E-state index in [-0.39, 0.29) is 50.4 Å². The zero-order valence-corrected chi connectivity index (χ0v) is 25.9. The van der Waals surface area contributed by atoms with Crippen LogP contribution >= 0.6 is 23.2 Å². The van der Waals surface area contributed by atoms with Crippen molar-refractivity contribution >= 4 is 40.7 Å². The third-order valence-corrected chi connectivity index (χ3v) is 8.98. The van der Waals surface area contributed by atoms with Gasteiger partial charge in [-0.2, -0.15) is 5.10 Å². The Morgan fingerprint density at radius 2 is 1.93 bits per heavy atom. The number of aryl methyl sites for hydroxylation is 2. The number of fused-ring (bicyclic) bond motifs is 1. The van der Waals surface area contributed by atoms with Gasteiger partial charge in [-0.25, -0.2) is 14.1 Å². The first-order valence-electron chi connectivity index (χ1n) is 14.4. The Kier molecular flexibility index (Phi) is 8.59. The van der Waals surface area contributed by atoms with Crippen molar-refractivity contribution in [2.45, 2.75) is 37.8 Å². The van der Waals surface area contributed by atoms with E-state index >= 15 is 4.39 Å². The summed E-state index contributed by atoms with van der Waals surface area (Å²) in [6, 6.07) is 10.9. The molecule has 0 radical (unpaired) electrons. The summed E-state index contributed by atoms with van der Waals surface area (Å²) < 4.78 is 22.2. The van der Waals surface area contributed by atoms with Gasteiger partial charge in [-0.05, 0) is 55.2 Å². The molecule has 1 saturated heterocycles. The molecule has 45 heavy (non-hydrogen) atoms. The van der Waals surface area contributed by atoms with Gasteiger partial charge < -0.3 is 20.7 Å². The Bertz CT molecular complexity index is 1900. The van der Waals surface area contributed by atoms with Crippen molar-refractivity contribution < 1.29 is 18.7 Å². The third kappa shape index (κ3) is 5.90. The number of rotatable bonds is 8. The molecule has 3 heterocycles. The Hall–Kier alpha value is -4.32. The number of nitrogens with zero attached hydrogens (tertiary/aromatic N) is 3. The van der Waals surface area contributed by atoms with Crippen molar-refractivity contribution in [1.82, 2.24) is 25.4 Å². The van der Waals surface area contributed by atoms with Crippen LogP contribution in [0, 0.1) is 5.82 Å². The zero-order chi connectivity index (χ0) is 31.8. The van der Waals surface area contributed by atoms with Crippen LogP contribution in [-0.4, -0.2) is 46.3 Å². The minimum Gasteiger partial charge on any atom is -0.481 e. The minimum atomic E-state index is -0.687. The zero-order valence-electron chi connectivity index (χ0n) is 24.4. The van der Waals surface area contributed by atoms with Crippen LogP contribution in [0.1, 0.15) is 46.8 Å². The maximum atomic E-state index is 15.5. The minimum absolute atomic E-state index is 0.0114. The molecule has 2 aromatic carbocycles. The van der Waals surface area contributed by atoms with Crippen molar-refractivity contribution in [3.8, 4) is 28.3 Å². The summed E-state index contributed by atoms with van der Waals surface area (Å²) in [5.74, 6) is -0.788. The summed E-state index contributed by atoms with van der Waals surface area (Å²) in [6.45, 7) is 0.646. The average Bonchev–Trinajstić information content (AvgIpc) is 3.64. The molecular weight excluding hydrogens is 622 g/mol. The second kappa shape index (κ2) is 12.6. The molecule has 0 spiro atoms. The molecule has 13 heteroatoms. The van der Waals surface area contributed by atoms with Gasteiger partial charge in [0.25, 0.3) is 11.5 Å². The van der Waals surface area contributed by atoms with E-state index in [2.05, 4.69) is 21.0 Å². The number of nitrogens with one attached hydrogen (secondary N) is 3. The molecule has 3 N–H and O–H groups in total. The highest BCUT2D eigenvalue weighted by molar-refractivity contribution is 6.39. The predicted octanol–water partition coefficient (Wildman–Crippen LogP) is 5.07. The van der Waals surface area contributed by atoms with Crippen LogP contribution in [0.15, 0.2) is 53.5 Å². The summed E-state index contributed by atoms with van der Waals surface area (Å²) in [6.07, 6.45) is 4.29. The first-order chi connectivity index (χ1) is 21.7. The molecule has 2 atom stereocenters. The van der Waals surface area contributed by atoms with Crippen LogP contribution in [0.2, 0.25) is 10.0 Å². The molecule has 2 aliphatic rings. The molecular formula is C32H29Cl2FN6O4. The Labute approximate surface area is 267 Å². The van der Waals surface area contributed by atoms with Crippen LogP contribution in [0.3, 0.4) is 0 Å². The lowest BCUT2D eigenvalue weighted by molar-refractivity contribution is -0.119. The lowest BCUT2D eigenvalue weighted by Gasteiger charge is -2.20. The van der Waals surface area contributed by atoms with Crippen LogP contribution in [0.25, 0.3) is 22.4 Å². The molecule has 2 aromatic heterocycles. The molecule has 6 rings (SSSR count). The van der Waals surface area contributed by atoms with Crippen LogP contribution in [0.5, 0.6) is 5.88 Å². The van der Waals surface area contributed by atoms with E-state index in [4.69, 9.17) is 32.9 Å². The summed E-state index contributed by atoms with van der Waals surface area (Å²) >= 11 is 13.6. The largest absolute Gasteiger partial charge is 0.481 e. The van der Waals surface area contributed by atoms with Crippen molar-refractivity contribution in [1.29, 1.82) is 0 Å². The second-order valence-electron chi connectivity index (χ2n) is 11.0. The fourth-order valence-corrected chi connectivity index (χ4v) is 6.53. The van der Waals surface area contributed by atoms with E-state index in [0.29, 0.717) is 30.1 Å². The van der Waals surface area contributed by atoms with Crippen molar-refractivity contribution in [3.63, 3.8) is 0 Å². The number of benzene rings is 2. The fraction of sp³-hybridized carbons (Fsp3) is 0.281. The maximum Gasteiger partial charge on any atom is 0.279 e. The summed E-state index contributed by atoms with van der Waals surface area (Å²) in [7, 11) is 2.99. The molecule has 0 bridgehead atoms. The first kappa shape index (κ1) is 30.7. The van der Waals surface area contributed by atoms with E-state index in [9.17, 15) is 14.4 Å². The van der Waals surface area contributed by atoms with Gasteiger partial charge in [0.15, 0.2) is 0 Å². The smallest absolute Gasteiger partial charge is 0.279 e. The second-order valence-corrected chi connectivity index (χ2v) is 11.7. The highest BCUT2D eigenvalue weighted by atomic mass is 35.5. The molecule has 1 aliphatic carbocycles. The molecule has 4 aromatic rings. The third-order valence-electron chi connectivity index (χ3n) is 8.18. The van der Waals surface area contributed by atoms with Gasteiger partial charge in [0.1, 0.15) is 11.4 Å². The van der Waals surface area contributed by atoms with Crippen LogP contribution < -0.4 is 26.2 Å². The van der Waals surface area contributed by atoms with E-state index in [1.807, 2.05) is 6.07 Å². The lowest BCUT2D eigenvalue weighted by Crippen LogP contribution is -2.36. The molecule has 1 aliphatic heterocycles. The van der Waals surface area contributed by atoms with E-state index in [1.54, 1.807) is 31.4 Å². The number of ether oxygens (including phenoxy) is 1. The summed E-state index contributed by atoms with van der Waals surface area (Å²) in [4.78, 5) is 41.6. The number of methoxy groups -OCH3 is 1. The highest BCUT2D eigenvalue weighted by Gasteiger charge is 2.31. The normalized spacial score (nSPS) is 17.2. The number of amides is 2. The molecule has 10 nitrogen and oxygen atoms in total. The Morgan fingerprint density at radius 3 is 2.69 bits per heavy atom. The number of hydrogen-bond acceptors (Lipinski definition) is 7. The van der Waals surface area contributed by atoms with Crippen LogP contribution in [0.4, 0.5) is 10.1 Å². The van der Waals surface area contributed by atoms with E-state index in [0.717, 1.165) is 35.1 Å². The summed E-state index contributed by atoms with van der Waals surface area (Å²) in [5, 5.41) is 13.1. The molecule has 0 saturated carbocycles. The number of aromatic nitrogens is 3. The Morgan fingerprint density at radius 1 is 1.11 bits per heavy atom. The first-order valence-corrected chi connectivity index (χ1v) is 15.1. The van der Waals surface area contributed by atoms with Crippen molar-refractivity contribution in [2.24, 2.45) is 7.05 Å². The topological polar surface area (TPSA) is 127 Å². The van der Waals surface area contributed by atoms with Crippen molar-refractivity contribution in [2.75, 3.05) is 19.0 Å². The average molecular weight is 652 g/mol. The molecule has 1 fully saturated rings. The van der Waals surface area contributed by atoms with Crippen LogP contribution in [-0.2, 0) is 18.3 Å². The molecule has 232 valence electrons. The predicted molar refractivity (Wildman–Crippen MR) is 169 cm³/mol. The van der Waals surface area contributed by atoms with Gasteiger partial charge in [0.2, 0.25) is 11.8 Å². The standard InChI is InChI=1S/C32H29Cl2FN6O4/c1-41-32(44)20(12-13-37-41)30(43)39-23-5-3-4-19(28(23)33)27-21(35)9-8-18(29(27)34)24-14-16-6-10-22(26(16)31(40-24)45-2)36-15-17-7-11-25(42)38-17/h3-5,8-9,12-14,17,22,36H,6-7,10-11,15H2,1-2H3,(H,38,42)(H,39,43)/t17-,22-/m0/s1. The number of hydrogen-bond donors (Lipinski definition) is 3. The van der Waals surface area contributed by atoms with Gasteiger partial charge in [-0.1, -0.05) is 35.3 Å². The molecule has 2 amide bonds. The lowest BCUT2D eigenvalue weighted by atomic mass is 9.98. The van der Waals surface area contributed by atoms with Gasteiger partial charge in [-0.15, -0.1) is 0 Å². The maximum absolute atomic E-state index is 15.5. The van der Waals surface area contributed by atoms with Gasteiger partial charge in [0.05, 0.1) is 28.5 Å². The number of carbonyl (C=O) groups is 2. The number of halogens is 3.